The van der Waals surface area contributed by atoms with Gasteiger partial charge in [-0.15, -0.1) is 0 Å². The Morgan fingerprint density at radius 3 is 2.37 bits per heavy atom. The molecular weight excluding hydrogens is 232 g/mol. The molecule has 1 heterocycles. The predicted molar refractivity (Wildman–Crippen MR) is 83.0 cm³/mol. The van der Waals surface area contributed by atoms with Gasteiger partial charge in [0.15, 0.2) is 0 Å². The van der Waals surface area contributed by atoms with Gasteiger partial charge in [0.1, 0.15) is 0 Å². The van der Waals surface area contributed by atoms with E-state index in [0.29, 0.717) is 6.04 Å². The maximum Gasteiger partial charge on any atom is 0.0204 e. The van der Waals surface area contributed by atoms with Crippen molar-refractivity contribution < 1.29 is 0 Å². The highest BCUT2D eigenvalue weighted by atomic mass is 15.0. The van der Waals surface area contributed by atoms with Gasteiger partial charge in [0.25, 0.3) is 0 Å². The van der Waals surface area contributed by atoms with Crippen molar-refractivity contribution in [3.63, 3.8) is 0 Å². The topological polar surface area (TPSA) is 24.1 Å². The second kappa shape index (κ2) is 5.64. The van der Waals surface area contributed by atoms with E-state index in [-0.39, 0.29) is 5.41 Å². The minimum absolute atomic E-state index is 0.185. The van der Waals surface area contributed by atoms with Gasteiger partial charge in [-0.2, -0.15) is 0 Å². The summed E-state index contributed by atoms with van der Waals surface area (Å²) in [7, 11) is 0. The van der Waals surface area contributed by atoms with Crippen LogP contribution >= 0.6 is 0 Å². The lowest BCUT2D eigenvalue weighted by Crippen LogP contribution is -2.40. The molecule has 1 aliphatic heterocycles. The molecule has 1 aromatic rings. The summed E-state index contributed by atoms with van der Waals surface area (Å²) in [4.78, 5) is 0. The minimum atomic E-state index is 0.185. The number of rotatable bonds is 4. The molecule has 1 atom stereocenters. The van der Waals surface area contributed by atoms with E-state index < -0.39 is 0 Å². The summed E-state index contributed by atoms with van der Waals surface area (Å²) in [6.45, 7) is 14.7. The molecule has 0 bridgehead atoms. The fourth-order valence-electron chi connectivity index (χ4n) is 3.56. The predicted octanol–water partition coefficient (Wildman–Crippen LogP) is 2.84. The van der Waals surface area contributed by atoms with E-state index in [0.717, 1.165) is 19.6 Å². The van der Waals surface area contributed by atoms with Gasteiger partial charge in [-0.25, -0.2) is 0 Å². The Morgan fingerprint density at radius 2 is 1.84 bits per heavy atom. The average molecular weight is 260 g/mol. The monoisotopic (exact) mass is 260 g/mol. The molecule has 106 valence electrons. The van der Waals surface area contributed by atoms with Gasteiger partial charge in [-0.05, 0) is 50.4 Å². The molecule has 1 unspecified atom stereocenters. The second-order valence-corrected chi connectivity index (χ2v) is 6.73. The first-order valence-electron chi connectivity index (χ1n) is 7.42. The molecule has 0 radical (unpaired) electrons. The summed E-state index contributed by atoms with van der Waals surface area (Å²) in [6.07, 6.45) is 1.25. The second-order valence-electron chi connectivity index (χ2n) is 6.73. The number of nitrogens with one attached hydrogen (secondary N) is 2. The Labute approximate surface area is 118 Å². The molecule has 19 heavy (non-hydrogen) atoms. The number of aryl methyl sites for hydroxylation is 3. The molecule has 1 aromatic carbocycles. The van der Waals surface area contributed by atoms with Gasteiger partial charge < -0.3 is 10.6 Å². The molecule has 0 spiro atoms. The fraction of sp³-hybridized carbons (Fsp3) is 0.647. The number of hydrogen-bond donors (Lipinski definition) is 2. The SMILES string of the molecule is Cc1cc(C)c(C(C)(C)CNC2CCNC2)c(C)c1. The van der Waals surface area contributed by atoms with Crippen molar-refractivity contribution in [2.45, 2.75) is 52.5 Å². The lowest BCUT2D eigenvalue weighted by Gasteiger charge is -2.31. The molecule has 2 heteroatoms. The van der Waals surface area contributed by atoms with Crippen LogP contribution in [0.4, 0.5) is 0 Å². The Hall–Kier alpha value is -0.860. The van der Waals surface area contributed by atoms with E-state index in [2.05, 4.69) is 57.4 Å². The van der Waals surface area contributed by atoms with Crippen molar-refractivity contribution in [1.82, 2.24) is 10.6 Å². The highest BCUT2D eigenvalue weighted by molar-refractivity contribution is 5.42. The zero-order valence-corrected chi connectivity index (χ0v) is 13.1. The molecule has 1 saturated heterocycles. The highest BCUT2D eigenvalue weighted by Crippen LogP contribution is 2.30. The van der Waals surface area contributed by atoms with E-state index in [4.69, 9.17) is 0 Å². The van der Waals surface area contributed by atoms with E-state index in [1.807, 2.05) is 0 Å². The normalized spacial score (nSPS) is 19.9. The summed E-state index contributed by atoms with van der Waals surface area (Å²) in [5.74, 6) is 0. The molecule has 0 aromatic heterocycles. The first-order valence-corrected chi connectivity index (χ1v) is 7.42. The highest BCUT2D eigenvalue weighted by Gasteiger charge is 2.26. The molecule has 0 saturated carbocycles. The van der Waals surface area contributed by atoms with Crippen LogP contribution in [0.1, 0.15) is 42.5 Å². The number of hydrogen-bond acceptors (Lipinski definition) is 2. The molecule has 0 amide bonds. The van der Waals surface area contributed by atoms with Crippen LogP contribution in [0.15, 0.2) is 12.1 Å². The van der Waals surface area contributed by atoms with E-state index in [9.17, 15) is 0 Å². The van der Waals surface area contributed by atoms with E-state index in [1.54, 1.807) is 0 Å². The number of benzene rings is 1. The van der Waals surface area contributed by atoms with Crippen LogP contribution in [0.3, 0.4) is 0 Å². The lowest BCUT2D eigenvalue weighted by molar-refractivity contribution is 0.425. The summed E-state index contributed by atoms with van der Waals surface area (Å²) in [5.41, 5.74) is 5.91. The average Bonchev–Trinajstić information content (AvgIpc) is 2.77. The van der Waals surface area contributed by atoms with Gasteiger partial charge in [0.05, 0.1) is 0 Å². The summed E-state index contributed by atoms with van der Waals surface area (Å²) in [6, 6.07) is 5.26. The standard InChI is InChI=1S/C17H28N2/c1-12-8-13(2)16(14(3)9-12)17(4,5)11-19-15-6-7-18-10-15/h8-9,15,18-19H,6-7,10-11H2,1-5H3. The minimum Gasteiger partial charge on any atom is -0.315 e. The van der Waals surface area contributed by atoms with Crippen LogP contribution in [0.2, 0.25) is 0 Å². The maximum atomic E-state index is 3.73. The Bertz CT molecular complexity index is 420. The summed E-state index contributed by atoms with van der Waals surface area (Å²) >= 11 is 0. The van der Waals surface area contributed by atoms with E-state index >= 15 is 0 Å². The third-order valence-electron chi connectivity index (χ3n) is 4.25. The van der Waals surface area contributed by atoms with Gasteiger partial charge in [-0.3, -0.25) is 0 Å². The van der Waals surface area contributed by atoms with Crippen molar-refractivity contribution in [2.24, 2.45) is 0 Å². The van der Waals surface area contributed by atoms with Crippen molar-refractivity contribution in [3.05, 3.63) is 34.4 Å². The maximum absolute atomic E-state index is 3.73. The van der Waals surface area contributed by atoms with Crippen molar-refractivity contribution in [3.8, 4) is 0 Å². The smallest absolute Gasteiger partial charge is 0.0204 e. The Morgan fingerprint density at radius 1 is 1.21 bits per heavy atom. The van der Waals surface area contributed by atoms with Crippen molar-refractivity contribution in [2.75, 3.05) is 19.6 Å². The molecular formula is C17H28N2. The Balaban J connectivity index is 2.14. The zero-order chi connectivity index (χ0) is 14.0. The molecule has 2 rings (SSSR count). The largest absolute Gasteiger partial charge is 0.315 e. The van der Waals surface area contributed by atoms with Crippen molar-refractivity contribution >= 4 is 0 Å². The third-order valence-corrected chi connectivity index (χ3v) is 4.25. The van der Waals surface area contributed by atoms with Crippen LogP contribution in [-0.4, -0.2) is 25.7 Å². The Kier molecular flexibility index (Phi) is 4.32. The first-order chi connectivity index (χ1) is 8.90. The molecule has 1 fully saturated rings. The third kappa shape index (κ3) is 3.37. The fourth-order valence-corrected chi connectivity index (χ4v) is 3.56. The molecule has 2 N–H and O–H groups in total. The molecule has 1 aliphatic rings. The summed E-state index contributed by atoms with van der Waals surface area (Å²) < 4.78 is 0. The lowest BCUT2D eigenvalue weighted by atomic mass is 9.78. The van der Waals surface area contributed by atoms with Gasteiger partial charge >= 0.3 is 0 Å². The molecule has 2 nitrogen and oxygen atoms in total. The summed E-state index contributed by atoms with van der Waals surface area (Å²) in [5, 5.41) is 7.14. The molecule has 0 aliphatic carbocycles. The van der Waals surface area contributed by atoms with Gasteiger partial charge in [0, 0.05) is 24.5 Å². The van der Waals surface area contributed by atoms with Crippen LogP contribution in [0.5, 0.6) is 0 Å². The zero-order valence-electron chi connectivity index (χ0n) is 13.1. The van der Waals surface area contributed by atoms with Gasteiger partial charge in [0.2, 0.25) is 0 Å². The van der Waals surface area contributed by atoms with Crippen LogP contribution in [0.25, 0.3) is 0 Å². The van der Waals surface area contributed by atoms with Crippen LogP contribution < -0.4 is 10.6 Å². The van der Waals surface area contributed by atoms with Crippen LogP contribution in [-0.2, 0) is 5.41 Å². The first kappa shape index (κ1) is 14.5. The van der Waals surface area contributed by atoms with Crippen LogP contribution in [0, 0.1) is 20.8 Å². The quantitative estimate of drug-likeness (QED) is 0.870. The van der Waals surface area contributed by atoms with Crippen molar-refractivity contribution in [1.29, 1.82) is 0 Å². The van der Waals surface area contributed by atoms with Gasteiger partial charge in [-0.1, -0.05) is 31.5 Å². The van der Waals surface area contributed by atoms with E-state index in [1.165, 1.54) is 28.7 Å².